The van der Waals surface area contributed by atoms with E-state index in [0.29, 0.717) is 5.56 Å². The Hall–Kier alpha value is -3.86. The number of carbonyl (C=O) groups is 1. The summed E-state index contributed by atoms with van der Waals surface area (Å²) in [5.41, 5.74) is 5.41. The molecule has 0 spiro atoms. The summed E-state index contributed by atoms with van der Waals surface area (Å²) >= 11 is 0. The van der Waals surface area contributed by atoms with Crippen molar-refractivity contribution in [1.29, 1.82) is 0 Å². The number of amides is 1. The summed E-state index contributed by atoms with van der Waals surface area (Å²) in [5, 5.41) is 12.0. The van der Waals surface area contributed by atoms with E-state index in [2.05, 4.69) is 38.7 Å². The van der Waals surface area contributed by atoms with E-state index in [1.807, 2.05) is 54.6 Å². The zero-order valence-corrected chi connectivity index (χ0v) is 14.4. The third kappa shape index (κ3) is 2.85. The first-order chi connectivity index (χ1) is 13.3. The zero-order chi connectivity index (χ0) is 18.2. The molecule has 5 heteroatoms. The van der Waals surface area contributed by atoms with Crippen molar-refractivity contribution in [3.8, 4) is 11.3 Å². The molecule has 2 aromatic heterocycles. The Morgan fingerprint density at radius 1 is 0.852 bits per heavy atom. The highest BCUT2D eigenvalue weighted by Gasteiger charge is 2.09. The molecule has 0 bridgehead atoms. The van der Waals surface area contributed by atoms with Gasteiger partial charge >= 0.3 is 0 Å². The number of hydrogen-bond donors (Lipinski definition) is 3. The second-order valence-electron chi connectivity index (χ2n) is 6.47. The second kappa shape index (κ2) is 6.14. The highest BCUT2D eigenvalue weighted by atomic mass is 16.1. The smallest absolute Gasteiger partial charge is 0.255 e. The van der Waals surface area contributed by atoms with Crippen LogP contribution in [0.2, 0.25) is 0 Å². The van der Waals surface area contributed by atoms with Crippen LogP contribution in [0.5, 0.6) is 0 Å². The molecule has 3 N–H and O–H groups in total. The third-order valence-electron chi connectivity index (χ3n) is 4.69. The van der Waals surface area contributed by atoms with Crippen LogP contribution in [-0.2, 0) is 0 Å². The monoisotopic (exact) mass is 352 g/mol. The second-order valence-corrected chi connectivity index (χ2v) is 6.47. The number of H-pyrrole nitrogens is 2. The zero-order valence-electron chi connectivity index (χ0n) is 14.4. The fourth-order valence-corrected chi connectivity index (χ4v) is 3.25. The first-order valence-electron chi connectivity index (χ1n) is 8.69. The van der Waals surface area contributed by atoms with E-state index in [0.717, 1.165) is 33.4 Å². The molecule has 130 valence electrons. The van der Waals surface area contributed by atoms with E-state index in [4.69, 9.17) is 0 Å². The molecule has 0 atom stereocenters. The molecule has 3 aromatic carbocycles. The van der Waals surface area contributed by atoms with Gasteiger partial charge in [0.15, 0.2) is 0 Å². The van der Waals surface area contributed by atoms with Gasteiger partial charge in [-0.25, -0.2) is 0 Å². The number of rotatable bonds is 3. The highest BCUT2D eigenvalue weighted by Crippen LogP contribution is 2.24. The van der Waals surface area contributed by atoms with Gasteiger partial charge in [0.05, 0.1) is 11.7 Å². The number of para-hydroxylation sites is 1. The Balaban J connectivity index is 1.38. The fourth-order valence-electron chi connectivity index (χ4n) is 3.25. The molecular formula is C22H16N4O. The van der Waals surface area contributed by atoms with Crippen molar-refractivity contribution in [2.45, 2.75) is 0 Å². The van der Waals surface area contributed by atoms with Crippen molar-refractivity contribution < 1.29 is 4.79 Å². The summed E-state index contributed by atoms with van der Waals surface area (Å²) in [7, 11) is 0. The maximum Gasteiger partial charge on any atom is 0.255 e. The minimum atomic E-state index is -0.142. The predicted octanol–water partition coefficient (Wildman–Crippen LogP) is 4.96. The maximum absolute atomic E-state index is 12.5. The van der Waals surface area contributed by atoms with E-state index in [-0.39, 0.29) is 5.91 Å². The number of aromatic amines is 2. The Kier molecular flexibility index (Phi) is 3.50. The van der Waals surface area contributed by atoms with Crippen LogP contribution in [-0.4, -0.2) is 21.1 Å². The number of nitrogens with one attached hydrogen (secondary N) is 3. The first kappa shape index (κ1) is 15.4. The first-order valence-corrected chi connectivity index (χ1v) is 8.69. The normalized spacial score (nSPS) is 11.1. The number of benzene rings is 3. The van der Waals surface area contributed by atoms with Crippen LogP contribution in [0.15, 0.2) is 79.0 Å². The third-order valence-corrected chi connectivity index (χ3v) is 4.69. The van der Waals surface area contributed by atoms with Crippen LogP contribution in [0, 0.1) is 0 Å². The van der Waals surface area contributed by atoms with Crippen LogP contribution in [0.25, 0.3) is 33.1 Å². The molecule has 0 saturated carbocycles. The van der Waals surface area contributed by atoms with Gasteiger partial charge < -0.3 is 10.3 Å². The molecule has 0 radical (unpaired) electrons. The van der Waals surface area contributed by atoms with Crippen LogP contribution in [0.1, 0.15) is 10.4 Å². The predicted molar refractivity (Wildman–Crippen MR) is 108 cm³/mol. The molecule has 0 aliphatic heterocycles. The summed E-state index contributed by atoms with van der Waals surface area (Å²) in [6.07, 6.45) is 1.75. The van der Waals surface area contributed by atoms with E-state index in [1.165, 1.54) is 5.39 Å². The van der Waals surface area contributed by atoms with Gasteiger partial charge in [-0.1, -0.05) is 30.3 Å². The molecular weight excluding hydrogens is 336 g/mol. The van der Waals surface area contributed by atoms with Crippen LogP contribution in [0.3, 0.4) is 0 Å². The Morgan fingerprint density at radius 3 is 2.56 bits per heavy atom. The van der Waals surface area contributed by atoms with E-state index in [1.54, 1.807) is 6.20 Å². The Morgan fingerprint density at radius 2 is 1.70 bits per heavy atom. The molecule has 0 saturated heterocycles. The minimum absolute atomic E-state index is 0.142. The van der Waals surface area contributed by atoms with E-state index in [9.17, 15) is 4.79 Å². The van der Waals surface area contributed by atoms with Crippen molar-refractivity contribution >= 4 is 33.4 Å². The molecule has 1 amide bonds. The lowest BCUT2D eigenvalue weighted by atomic mass is 10.1. The molecule has 2 heterocycles. The van der Waals surface area contributed by atoms with Gasteiger partial charge in [-0.3, -0.25) is 9.89 Å². The fraction of sp³-hybridized carbons (Fsp3) is 0. The molecule has 27 heavy (non-hydrogen) atoms. The van der Waals surface area contributed by atoms with Crippen LogP contribution < -0.4 is 5.32 Å². The molecule has 0 unspecified atom stereocenters. The topological polar surface area (TPSA) is 73.6 Å². The van der Waals surface area contributed by atoms with Gasteiger partial charge in [0, 0.05) is 33.2 Å². The van der Waals surface area contributed by atoms with Crippen molar-refractivity contribution in [3.63, 3.8) is 0 Å². The lowest BCUT2D eigenvalue weighted by molar-refractivity contribution is 0.102. The SMILES string of the molecule is O=C(Nc1ccc2cn[nH]c2c1)c1ccc(-c2cc3ccccc3[nH]2)cc1. The van der Waals surface area contributed by atoms with Gasteiger partial charge in [-0.05, 0) is 48.0 Å². The van der Waals surface area contributed by atoms with Crippen LogP contribution in [0.4, 0.5) is 5.69 Å². The Bertz CT molecular complexity index is 1230. The number of carbonyl (C=O) groups excluding carboxylic acids is 1. The summed E-state index contributed by atoms with van der Waals surface area (Å²) in [5.74, 6) is -0.142. The van der Waals surface area contributed by atoms with Gasteiger partial charge in [0.1, 0.15) is 0 Å². The van der Waals surface area contributed by atoms with Crippen LogP contribution >= 0.6 is 0 Å². The largest absolute Gasteiger partial charge is 0.355 e. The lowest BCUT2D eigenvalue weighted by Crippen LogP contribution is -2.11. The molecule has 5 rings (SSSR count). The molecule has 0 fully saturated rings. The van der Waals surface area contributed by atoms with Crippen molar-refractivity contribution in [1.82, 2.24) is 15.2 Å². The average molecular weight is 352 g/mol. The number of anilines is 1. The lowest BCUT2D eigenvalue weighted by Gasteiger charge is -2.06. The van der Waals surface area contributed by atoms with Crippen molar-refractivity contribution in [2.24, 2.45) is 0 Å². The number of hydrogen-bond acceptors (Lipinski definition) is 2. The summed E-state index contributed by atoms with van der Waals surface area (Å²) in [6, 6.07) is 23.5. The number of nitrogens with zero attached hydrogens (tertiary/aromatic N) is 1. The Labute approximate surface area is 155 Å². The average Bonchev–Trinajstić information content (AvgIpc) is 3.34. The molecule has 0 aliphatic carbocycles. The molecule has 5 aromatic rings. The summed E-state index contributed by atoms with van der Waals surface area (Å²) in [6.45, 7) is 0. The van der Waals surface area contributed by atoms with Crippen molar-refractivity contribution in [2.75, 3.05) is 5.32 Å². The van der Waals surface area contributed by atoms with E-state index < -0.39 is 0 Å². The van der Waals surface area contributed by atoms with Gasteiger partial charge in [0.2, 0.25) is 0 Å². The highest BCUT2D eigenvalue weighted by molar-refractivity contribution is 6.05. The number of aromatic nitrogens is 3. The molecule has 0 aliphatic rings. The van der Waals surface area contributed by atoms with E-state index >= 15 is 0 Å². The van der Waals surface area contributed by atoms with Gasteiger partial charge in [-0.2, -0.15) is 5.10 Å². The maximum atomic E-state index is 12.5. The standard InChI is InChI=1S/C22H16N4O/c27-22(24-18-10-9-17-13-23-26-21(17)12-18)15-7-5-14(6-8-15)20-11-16-3-1-2-4-19(16)25-20/h1-13,25H,(H,23,26)(H,24,27). The summed E-state index contributed by atoms with van der Waals surface area (Å²) < 4.78 is 0. The van der Waals surface area contributed by atoms with Gasteiger partial charge in [-0.15, -0.1) is 0 Å². The number of fused-ring (bicyclic) bond motifs is 2. The summed E-state index contributed by atoms with van der Waals surface area (Å²) in [4.78, 5) is 15.9. The molecule has 5 nitrogen and oxygen atoms in total. The van der Waals surface area contributed by atoms with Crippen molar-refractivity contribution in [3.05, 3.63) is 84.6 Å². The quantitative estimate of drug-likeness (QED) is 0.429. The minimum Gasteiger partial charge on any atom is -0.355 e. The van der Waals surface area contributed by atoms with Gasteiger partial charge in [0.25, 0.3) is 5.91 Å².